The number of nitrogens with one attached hydrogen (secondary N) is 1. The van der Waals surface area contributed by atoms with Gasteiger partial charge in [-0.05, 0) is 74.4 Å². The lowest BCUT2D eigenvalue weighted by molar-refractivity contribution is 0.161. The third kappa shape index (κ3) is 7.92. The second-order valence-electron chi connectivity index (χ2n) is 9.70. The molecule has 0 amide bonds. The van der Waals surface area contributed by atoms with Crippen LogP contribution in [0.5, 0.6) is 5.75 Å². The van der Waals surface area contributed by atoms with E-state index in [1.54, 1.807) is 0 Å². The van der Waals surface area contributed by atoms with Gasteiger partial charge in [-0.15, -0.1) is 0 Å². The van der Waals surface area contributed by atoms with E-state index in [4.69, 9.17) is 5.11 Å². The van der Waals surface area contributed by atoms with Gasteiger partial charge in [0.15, 0.2) is 0 Å². The monoisotopic (exact) mass is 407 g/mol. The molecule has 0 heterocycles. The third-order valence-corrected chi connectivity index (χ3v) is 6.52. The van der Waals surface area contributed by atoms with E-state index in [2.05, 4.69) is 59.0 Å². The molecular weight excluding hydrogens is 362 g/mol. The zero-order chi connectivity index (χ0) is 22.1. The summed E-state index contributed by atoms with van der Waals surface area (Å²) in [6.45, 7) is 15.1. The molecule has 0 aromatic heterocycles. The van der Waals surface area contributed by atoms with E-state index in [9.17, 15) is 10.2 Å². The molecule has 1 rings (SSSR count). The van der Waals surface area contributed by atoms with Crippen molar-refractivity contribution in [3.05, 3.63) is 28.8 Å². The summed E-state index contributed by atoms with van der Waals surface area (Å²) in [5, 5.41) is 33.8. The fraction of sp³-hybridized carbons (Fsp3) is 0.760. The van der Waals surface area contributed by atoms with E-state index in [0.717, 1.165) is 68.3 Å². The predicted molar refractivity (Wildman–Crippen MR) is 123 cm³/mol. The minimum atomic E-state index is -0.381. The molecule has 0 fully saturated rings. The van der Waals surface area contributed by atoms with Crippen LogP contribution in [0.4, 0.5) is 0 Å². The Morgan fingerprint density at radius 3 is 1.90 bits per heavy atom. The van der Waals surface area contributed by atoms with Crippen LogP contribution in [-0.2, 0) is 17.3 Å². The van der Waals surface area contributed by atoms with Crippen molar-refractivity contribution >= 4 is 0 Å². The van der Waals surface area contributed by atoms with E-state index >= 15 is 0 Å². The van der Waals surface area contributed by atoms with Crippen molar-refractivity contribution in [1.82, 2.24) is 5.32 Å². The van der Waals surface area contributed by atoms with Crippen LogP contribution < -0.4 is 5.32 Å². The molecule has 0 radical (unpaired) electrons. The molecule has 0 bridgehead atoms. The Balaban J connectivity index is 2.87. The molecular formula is C25H45NO3. The number of aliphatic hydroxyl groups is 2. The Kier molecular flexibility index (Phi) is 10.7. The van der Waals surface area contributed by atoms with Crippen LogP contribution in [0.25, 0.3) is 0 Å². The van der Waals surface area contributed by atoms with Crippen LogP contribution in [0.1, 0.15) is 96.8 Å². The van der Waals surface area contributed by atoms with Gasteiger partial charge in [-0.2, -0.15) is 0 Å². The Morgan fingerprint density at radius 1 is 0.897 bits per heavy atom. The first kappa shape index (κ1) is 25.9. The van der Waals surface area contributed by atoms with Crippen LogP contribution in [0.3, 0.4) is 0 Å². The highest BCUT2D eigenvalue weighted by Crippen LogP contribution is 2.42. The lowest BCUT2D eigenvalue weighted by atomic mass is 9.74. The Hall–Kier alpha value is -1.10. The van der Waals surface area contributed by atoms with Gasteiger partial charge in [0.05, 0.1) is 6.10 Å². The largest absolute Gasteiger partial charge is 0.507 e. The average Bonchev–Trinajstić information content (AvgIpc) is 2.68. The molecule has 1 aromatic rings. The van der Waals surface area contributed by atoms with E-state index in [0.29, 0.717) is 12.2 Å². The normalized spacial score (nSPS) is 13.7. The van der Waals surface area contributed by atoms with Gasteiger partial charge in [0.2, 0.25) is 0 Å². The molecule has 0 aliphatic heterocycles. The minimum Gasteiger partial charge on any atom is -0.507 e. The SMILES string of the molecule is CCC(C)(C)c1cc(CC(O)CCCNCCCCO)cc(C(C)(C)CC)c1O. The number of hydrogen-bond acceptors (Lipinski definition) is 4. The number of hydrogen-bond donors (Lipinski definition) is 4. The highest BCUT2D eigenvalue weighted by molar-refractivity contribution is 5.50. The fourth-order valence-corrected chi connectivity index (χ4v) is 3.55. The maximum absolute atomic E-state index is 11.1. The molecule has 1 aromatic carbocycles. The van der Waals surface area contributed by atoms with E-state index < -0.39 is 0 Å². The molecule has 4 N–H and O–H groups in total. The van der Waals surface area contributed by atoms with E-state index in [-0.39, 0.29) is 23.5 Å². The number of aliphatic hydroxyl groups excluding tert-OH is 2. The van der Waals surface area contributed by atoms with Crippen molar-refractivity contribution < 1.29 is 15.3 Å². The summed E-state index contributed by atoms with van der Waals surface area (Å²) in [4.78, 5) is 0. The molecule has 0 aliphatic rings. The number of benzene rings is 1. The Bertz CT molecular complexity index is 573. The van der Waals surface area contributed by atoms with Crippen LogP contribution in [0, 0.1) is 0 Å². The first-order chi connectivity index (χ1) is 13.6. The summed E-state index contributed by atoms with van der Waals surface area (Å²) >= 11 is 0. The molecule has 4 heteroatoms. The van der Waals surface area contributed by atoms with Crippen LogP contribution >= 0.6 is 0 Å². The molecule has 1 unspecified atom stereocenters. The van der Waals surface area contributed by atoms with Crippen LogP contribution in [0.2, 0.25) is 0 Å². The standard InChI is InChI=1S/C25H45NO3/c1-7-24(3,4)21-17-19(18-22(23(21)29)25(5,6)8-2)16-20(28)12-11-14-26-13-9-10-15-27/h17-18,20,26-29H,7-16H2,1-6H3. The Morgan fingerprint density at radius 2 is 1.41 bits per heavy atom. The topological polar surface area (TPSA) is 72.7 Å². The zero-order valence-electron chi connectivity index (χ0n) is 19.6. The van der Waals surface area contributed by atoms with Gasteiger partial charge in [0.25, 0.3) is 0 Å². The van der Waals surface area contributed by atoms with Crippen molar-refractivity contribution in [2.75, 3.05) is 19.7 Å². The highest BCUT2D eigenvalue weighted by atomic mass is 16.3. The molecule has 168 valence electrons. The van der Waals surface area contributed by atoms with Crippen molar-refractivity contribution in [2.45, 2.75) is 103 Å². The first-order valence-electron chi connectivity index (χ1n) is 11.5. The maximum atomic E-state index is 11.1. The first-order valence-corrected chi connectivity index (χ1v) is 11.5. The predicted octanol–water partition coefficient (Wildman–Crippen LogP) is 4.81. The van der Waals surface area contributed by atoms with Gasteiger partial charge >= 0.3 is 0 Å². The second-order valence-corrected chi connectivity index (χ2v) is 9.70. The van der Waals surface area contributed by atoms with Crippen LogP contribution in [-0.4, -0.2) is 41.1 Å². The number of phenolic OH excluding ortho intramolecular Hbond substituents is 1. The molecule has 1 atom stereocenters. The quantitative estimate of drug-likeness (QED) is 0.334. The molecule has 29 heavy (non-hydrogen) atoms. The summed E-state index contributed by atoms with van der Waals surface area (Å²) < 4.78 is 0. The van der Waals surface area contributed by atoms with Gasteiger partial charge in [-0.3, -0.25) is 0 Å². The van der Waals surface area contributed by atoms with Gasteiger partial charge in [0, 0.05) is 17.7 Å². The van der Waals surface area contributed by atoms with Gasteiger partial charge < -0.3 is 20.6 Å². The van der Waals surface area contributed by atoms with Crippen LogP contribution in [0.15, 0.2) is 12.1 Å². The van der Waals surface area contributed by atoms with Crippen molar-refractivity contribution in [2.24, 2.45) is 0 Å². The summed E-state index contributed by atoms with van der Waals surface area (Å²) in [6.07, 6.45) is 5.63. The minimum absolute atomic E-state index is 0.109. The molecule has 0 spiro atoms. The highest BCUT2D eigenvalue weighted by Gasteiger charge is 2.29. The summed E-state index contributed by atoms with van der Waals surface area (Å²) in [5.74, 6) is 0.425. The number of phenols is 1. The molecule has 0 aliphatic carbocycles. The van der Waals surface area contributed by atoms with Crippen molar-refractivity contribution in [1.29, 1.82) is 0 Å². The summed E-state index contributed by atoms with van der Waals surface area (Å²) in [7, 11) is 0. The lowest BCUT2D eigenvalue weighted by Crippen LogP contribution is -2.23. The smallest absolute Gasteiger partial charge is 0.123 e. The second kappa shape index (κ2) is 11.9. The number of aromatic hydroxyl groups is 1. The van der Waals surface area contributed by atoms with Gasteiger partial charge in [0.1, 0.15) is 5.75 Å². The fourth-order valence-electron chi connectivity index (χ4n) is 3.55. The van der Waals surface area contributed by atoms with E-state index in [1.165, 1.54) is 0 Å². The van der Waals surface area contributed by atoms with E-state index in [1.807, 2.05) is 0 Å². The molecule has 0 saturated carbocycles. The van der Waals surface area contributed by atoms with Gasteiger partial charge in [-0.1, -0.05) is 53.7 Å². The third-order valence-electron chi connectivity index (χ3n) is 6.52. The number of rotatable bonds is 14. The lowest BCUT2D eigenvalue weighted by Gasteiger charge is -2.31. The zero-order valence-corrected chi connectivity index (χ0v) is 19.6. The Labute approximate surface area is 178 Å². The average molecular weight is 408 g/mol. The summed E-state index contributed by atoms with van der Waals surface area (Å²) in [5.41, 5.74) is 2.88. The van der Waals surface area contributed by atoms with Gasteiger partial charge in [-0.25, -0.2) is 0 Å². The van der Waals surface area contributed by atoms with Crippen molar-refractivity contribution in [3.8, 4) is 5.75 Å². The van der Waals surface area contributed by atoms with Crippen molar-refractivity contribution in [3.63, 3.8) is 0 Å². The maximum Gasteiger partial charge on any atom is 0.123 e. The molecule has 0 saturated heterocycles. The summed E-state index contributed by atoms with van der Waals surface area (Å²) in [6, 6.07) is 4.20. The molecule has 4 nitrogen and oxygen atoms in total. The number of unbranched alkanes of at least 4 members (excludes halogenated alkanes) is 1.